The van der Waals surface area contributed by atoms with Crippen molar-refractivity contribution in [2.45, 2.75) is 63.5 Å². The minimum absolute atomic E-state index is 0.0982. The zero-order valence-electron chi connectivity index (χ0n) is 17.8. The van der Waals surface area contributed by atoms with Crippen molar-refractivity contribution in [3.63, 3.8) is 0 Å². The highest BCUT2D eigenvalue weighted by molar-refractivity contribution is 7.89. The van der Waals surface area contributed by atoms with Crippen LogP contribution in [0.15, 0.2) is 41.4 Å². The number of pyridine rings is 1. The van der Waals surface area contributed by atoms with E-state index >= 15 is 0 Å². The van der Waals surface area contributed by atoms with E-state index in [4.69, 9.17) is 4.74 Å². The van der Waals surface area contributed by atoms with Gasteiger partial charge in [0.2, 0.25) is 10.0 Å². The maximum Gasteiger partial charge on any atom is 0.325 e. The van der Waals surface area contributed by atoms with Crippen LogP contribution in [-0.4, -0.2) is 41.6 Å². The van der Waals surface area contributed by atoms with Crippen LogP contribution in [0.25, 0.3) is 10.9 Å². The zero-order chi connectivity index (χ0) is 22.7. The highest BCUT2D eigenvalue weighted by atomic mass is 32.2. The van der Waals surface area contributed by atoms with Gasteiger partial charge in [-0.1, -0.05) is 32.0 Å². The normalized spacial score (nSPS) is 14.5. The Bertz CT molecular complexity index is 1040. The van der Waals surface area contributed by atoms with E-state index in [1.807, 2.05) is 0 Å². The molecule has 30 heavy (non-hydrogen) atoms. The molecule has 9 heteroatoms. The van der Waals surface area contributed by atoms with E-state index in [1.54, 1.807) is 58.9 Å². The fraction of sp³-hybridized carbons (Fsp3) is 0.476. The largest absolute Gasteiger partial charge is 0.480 e. The first kappa shape index (κ1) is 23.8. The fourth-order valence-corrected chi connectivity index (χ4v) is 4.83. The quantitative estimate of drug-likeness (QED) is 0.610. The first-order chi connectivity index (χ1) is 13.8. The number of nitrogens with one attached hydrogen (secondary N) is 1. The number of carboxylic acids is 1. The van der Waals surface area contributed by atoms with E-state index in [0.29, 0.717) is 5.39 Å². The van der Waals surface area contributed by atoms with Gasteiger partial charge in [-0.25, -0.2) is 8.42 Å². The van der Waals surface area contributed by atoms with E-state index < -0.39 is 39.5 Å². The fourth-order valence-electron chi connectivity index (χ4n) is 3.28. The number of fused-ring (bicyclic) bond motifs is 1. The average Bonchev–Trinajstić information content (AvgIpc) is 2.58. The number of para-hydroxylation sites is 1. The minimum Gasteiger partial charge on any atom is -0.480 e. The Morgan fingerprint density at radius 3 is 2.37 bits per heavy atom. The summed E-state index contributed by atoms with van der Waals surface area (Å²) in [4.78, 5) is 28.7. The second-order valence-corrected chi connectivity index (χ2v) is 10.3. The van der Waals surface area contributed by atoms with Gasteiger partial charge in [-0.15, -0.1) is 0 Å². The number of aliphatic carboxylic acids is 1. The van der Waals surface area contributed by atoms with Crippen molar-refractivity contribution < 1.29 is 27.9 Å². The number of benzene rings is 1. The van der Waals surface area contributed by atoms with Crippen LogP contribution in [0.2, 0.25) is 0 Å². The Morgan fingerprint density at radius 2 is 1.80 bits per heavy atom. The van der Waals surface area contributed by atoms with E-state index in [9.17, 15) is 23.1 Å². The number of nitrogens with zero attached hydrogens (tertiary/aromatic N) is 1. The van der Waals surface area contributed by atoms with E-state index in [2.05, 4.69) is 9.71 Å². The molecule has 2 aromatic rings. The lowest BCUT2D eigenvalue weighted by molar-refractivity contribution is -0.161. The number of hydrogen-bond acceptors (Lipinski definition) is 6. The molecule has 1 heterocycles. The number of aromatic nitrogens is 1. The van der Waals surface area contributed by atoms with Gasteiger partial charge in [0.1, 0.15) is 16.0 Å². The second-order valence-electron chi connectivity index (χ2n) is 8.69. The third kappa shape index (κ3) is 5.76. The van der Waals surface area contributed by atoms with Crippen LogP contribution in [0.4, 0.5) is 0 Å². The molecule has 0 aliphatic carbocycles. The third-order valence-corrected chi connectivity index (χ3v) is 5.82. The molecule has 0 aliphatic heterocycles. The molecule has 0 saturated carbocycles. The molecule has 1 aromatic carbocycles. The summed E-state index contributed by atoms with van der Waals surface area (Å²) in [5, 5.41) is 10.6. The maximum atomic E-state index is 13.2. The number of hydrogen-bond donors (Lipinski definition) is 2. The monoisotopic (exact) mass is 436 g/mol. The number of sulfonamides is 1. The van der Waals surface area contributed by atoms with Gasteiger partial charge in [0, 0.05) is 11.6 Å². The molecule has 2 rings (SSSR count). The predicted octanol–water partition coefficient (Wildman–Crippen LogP) is 3.11. The van der Waals surface area contributed by atoms with Crippen LogP contribution in [0, 0.1) is 5.92 Å². The summed E-state index contributed by atoms with van der Waals surface area (Å²) >= 11 is 0. The number of carboxylic acid groups (broad SMARTS) is 1. The maximum absolute atomic E-state index is 13.2. The average molecular weight is 437 g/mol. The molecule has 0 saturated heterocycles. The van der Waals surface area contributed by atoms with Crippen molar-refractivity contribution in [1.29, 1.82) is 0 Å². The highest BCUT2D eigenvalue weighted by Crippen LogP contribution is 2.28. The molecule has 1 atom stereocenters. The van der Waals surface area contributed by atoms with Gasteiger partial charge < -0.3 is 9.84 Å². The van der Waals surface area contributed by atoms with Gasteiger partial charge in [-0.05, 0) is 45.2 Å². The lowest BCUT2D eigenvalue weighted by Gasteiger charge is -2.32. The lowest BCUT2D eigenvalue weighted by atomic mass is 9.87. The molecular formula is C21H28N2O6S. The van der Waals surface area contributed by atoms with Crippen LogP contribution in [0.5, 0.6) is 0 Å². The van der Waals surface area contributed by atoms with E-state index in [0.717, 1.165) is 0 Å². The molecule has 0 amide bonds. The van der Waals surface area contributed by atoms with Crippen LogP contribution in [0.1, 0.15) is 47.5 Å². The summed E-state index contributed by atoms with van der Waals surface area (Å²) < 4.78 is 34.1. The first-order valence-corrected chi connectivity index (χ1v) is 11.1. The summed E-state index contributed by atoms with van der Waals surface area (Å²) in [5.41, 5.74) is -2.68. The Labute approximate surface area is 176 Å². The SMILES string of the molecule is CC(C)C[C@](CC(=O)OC(C)(C)C)(NS(=O)(=O)c1cccc2cccnc12)C(=O)O. The van der Waals surface area contributed by atoms with Crippen molar-refractivity contribution in [3.05, 3.63) is 36.5 Å². The Hall–Kier alpha value is -2.52. The van der Waals surface area contributed by atoms with Crippen molar-refractivity contribution in [1.82, 2.24) is 9.71 Å². The Kier molecular flexibility index (Phi) is 6.88. The molecule has 0 fully saturated rings. The number of ether oxygens (including phenoxy) is 1. The molecule has 0 bridgehead atoms. The van der Waals surface area contributed by atoms with Gasteiger partial charge in [-0.2, -0.15) is 4.72 Å². The molecule has 0 radical (unpaired) electrons. The smallest absolute Gasteiger partial charge is 0.325 e. The third-order valence-electron chi connectivity index (χ3n) is 4.25. The molecule has 1 aromatic heterocycles. The predicted molar refractivity (Wildman–Crippen MR) is 112 cm³/mol. The summed E-state index contributed by atoms with van der Waals surface area (Å²) in [6, 6.07) is 8.00. The number of carbonyl (C=O) groups is 2. The molecule has 164 valence electrons. The van der Waals surface area contributed by atoms with Crippen LogP contribution >= 0.6 is 0 Å². The molecule has 8 nitrogen and oxygen atoms in total. The Balaban J connectivity index is 2.53. The van der Waals surface area contributed by atoms with Gasteiger partial charge in [0.05, 0.1) is 11.9 Å². The highest BCUT2D eigenvalue weighted by Gasteiger charge is 2.46. The minimum atomic E-state index is -4.33. The molecule has 0 aliphatic rings. The van der Waals surface area contributed by atoms with Crippen molar-refractivity contribution in [2.24, 2.45) is 5.92 Å². The van der Waals surface area contributed by atoms with Crippen molar-refractivity contribution in [2.75, 3.05) is 0 Å². The standard InChI is InChI=1S/C21H28N2O6S/c1-14(2)12-21(19(25)26,13-17(24)29-20(3,4)5)23-30(27,28)16-10-6-8-15-9-7-11-22-18(15)16/h6-11,14,23H,12-13H2,1-5H3,(H,25,26)/t21-/m1/s1. The molecular weight excluding hydrogens is 408 g/mol. The summed E-state index contributed by atoms with van der Waals surface area (Å²) in [5.74, 6) is -2.46. The number of rotatable bonds is 8. The van der Waals surface area contributed by atoms with Crippen LogP contribution in [0.3, 0.4) is 0 Å². The first-order valence-electron chi connectivity index (χ1n) is 9.59. The van der Waals surface area contributed by atoms with Gasteiger partial charge >= 0.3 is 11.9 Å². The number of carbonyl (C=O) groups excluding carboxylic acids is 1. The topological polar surface area (TPSA) is 123 Å². The van der Waals surface area contributed by atoms with Crippen molar-refractivity contribution >= 4 is 32.9 Å². The molecule has 2 N–H and O–H groups in total. The van der Waals surface area contributed by atoms with Gasteiger partial charge in [-0.3, -0.25) is 14.6 Å². The van der Waals surface area contributed by atoms with Gasteiger partial charge in [0.25, 0.3) is 0 Å². The van der Waals surface area contributed by atoms with Crippen molar-refractivity contribution in [3.8, 4) is 0 Å². The zero-order valence-corrected chi connectivity index (χ0v) is 18.6. The van der Waals surface area contributed by atoms with Crippen LogP contribution < -0.4 is 4.72 Å². The van der Waals surface area contributed by atoms with E-state index in [-0.39, 0.29) is 22.8 Å². The Morgan fingerprint density at radius 1 is 1.17 bits per heavy atom. The number of esters is 1. The second kappa shape index (κ2) is 8.69. The molecule has 0 unspecified atom stereocenters. The van der Waals surface area contributed by atoms with Gasteiger partial charge in [0.15, 0.2) is 0 Å². The summed E-state index contributed by atoms with van der Waals surface area (Å²) in [6.45, 7) is 8.46. The molecule has 0 spiro atoms. The summed E-state index contributed by atoms with van der Waals surface area (Å²) in [6.07, 6.45) is 0.717. The van der Waals surface area contributed by atoms with E-state index in [1.165, 1.54) is 12.3 Å². The summed E-state index contributed by atoms with van der Waals surface area (Å²) in [7, 11) is -4.33. The lowest BCUT2D eigenvalue weighted by Crippen LogP contribution is -2.56. The van der Waals surface area contributed by atoms with Crippen LogP contribution in [-0.2, 0) is 24.3 Å².